The Kier molecular flexibility index (Phi) is 3.85. The summed E-state index contributed by atoms with van der Waals surface area (Å²) in [5, 5.41) is 0. The summed E-state index contributed by atoms with van der Waals surface area (Å²) >= 11 is 1.65. The number of pyridine rings is 1. The maximum Gasteiger partial charge on any atom is 0.191 e. The van der Waals surface area contributed by atoms with Crippen LogP contribution in [0.15, 0.2) is 41.4 Å². The van der Waals surface area contributed by atoms with Crippen LogP contribution in [0.25, 0.3) is 16.1 Å². The number of nitrogens with zero attached hydrogens (tertiary/aromatic N) is 2. The molecule has 2 rings (SSSR count). The molecule has 1 aromatic heterocycles. The number of thioether (sulfide) groups is 1. The quantitative estimate of drug-likeness (QED) is 0.612. The molecule has 0 aliphatic rings. The van der Waals surface area contributed by atoms with Crippen LogP contribution in [0.4, 0.5) is 5.69 Å². The summed E-state index contributed by atoms with van der Waals surface area (Å²) in [6.45, 7) is 7.08. The van der Waals surface area contributed by atoms with Crippen LogP contribution in [0.2, 0.25) is 0 Å². The summed E-state index contributed by atoms with van der Waals surface area (Å²) in [5.74, 6) is 0.675. The Labute approximate surface area is 111 Å². The topological polar surface area (TPSA) is 26.5 Å². The highest BCUT2D eigenvalue weighted by Gasteiger charge is 2.04. The highest BCUT2D eigenvalue weighted by molar-refractivity contribution is 7.98. The highest BCUT2D eigenvalue weighted by atomic mass is 32.2. The zero-order valence-electron chi connectivity index (χ0n) is 10.2. The molecule has 0 atom stereocenters. The minimum absolute atomic E-state index is 0.556. The van der Waals surface area contributed by atoms with Gasteiger partial charge in [-0.1, -0.05) is 0 Å². The van der Waals surface area contributed by atoms with Crippen molar-refractivity contribution in [2.75, 3.05) is 13.4 Å². The fraction of sp³-hybridized carbons (Fsp3) is 0.143. The van der Waals surface area contributed by atoms with Gasteiger partial charge in [-0.3, -0.25) is 4.98 Å². The molecule has 3 nitrogen and oxygen atoms in total. The van der Waals surface area contributed by atoms with Gasteiger partial charge in [-0.15, -0.1) is 11.8 Å². The van der Waals surface area contributed by atoms with Crippen LogP contribution in [0.3, 0.4) is 0 Å². The summed E-state index contributed by atoms with van der Waals surface area (Å²) in [5.41, 5.74) is 2.30. The summed E-state index contributed by atoms with van der Waals surface area (Å²) in [4.78, 5) is 8.95. The van der Waals surface area contributed by atoms with E-state index in [1.54, 1.807) is 24.9 Å². The van der Waals surface area contributed by atoms with Crippen molar-refractivity contribution in [2.24, 2.45) is 0 Å². The first kappa shape index (κ1) is 12.5. The monoisotopic (exact) mass is 256 g/mol. The maximum absolute atomic E-state index is 7.08. The summed E-state index contributed by atoms with van der Waals surface area (Å²) < 4.78 is 5.19. The van der Waals surface area contributed by atoms with Gasteiger partial charge < -0.3 is 4.74 Å². The van der Waals surface area contributed by atoms with Crippen LogP contribution in [-0.4, -0.2) is 18.3 Å². The van der Waals surface area contributed by atoms with Crippen molar-refractivity contribution in [3.05, 3.63) is 47.9 Å². The molecule has 2 aromatic rings. The second-order valence-electron chi connectivity index (χ2n) is 3.61. The first-order valence-corrected chi connectivity index (χ1v) is 6.56. The smallest absolute Gasteiger partial charge is 0.191 e. The molecular formula is C14H12N2OS. The van der Waals surface area contributed by atoms with Gasteiger partial charge in [0, 0.05) is 11.1 Å². The van der Waals surface area contributed by atoms with E-state index in [2.05, 4.69) is 9.83 Å². The summed E-state index contributed by atoms with van der Waals surface area (Å²) in [7, 11) is 1.59. The molecule has 4 heteroatoms. The molecule has 0 aliphatic heterocycles. The summed E-state index contributed by atoms with van der Waals surface area (Å²) in [6.07, 6.45) is 3.84. The van der Waals surface area contributed by atoms with Crippen molar-refractivity contribution < 1.29 is 4.74 Å². The molecule has 0 fully saturated rings. The minimum atomic E-state index is 0.556. The lowest BCUT2D eigenvalue weighted by molar-refractivity contribution is 0.415. The van der Waals surface area contributed by atoms with E-state index in [9.17, 15) is 0 Å². The SMILES string of the molecule is [C-]#[N+]c1cc(OC)cc(-c2ccc(SC)cn2)c1. The normalized spacial score (nSPS) is 9.83. The first-order valence-electron chi connectivity index (χ1n) is 5.34. The van der Waals surface area contributed by atoms with E-state index in [1.165, 1.54) is 0 Å². The van der Waals surface area contributed by atoms with Crippen LogP contribution < -0.4 is 4.74 Å². The number of ether oxygens (including phenoxy) is 1. The van der Waals surface area contributed by atoms with Crippen molar-refractivity contribution in [2.45, 2.75) is 4.90 Å². The lowest BCUT2D eigenvalue weighted by Crippen LogP contribution is -1.86. The molecule has 0 bridgehead atoms. The Bertz CT molecular complexity index is 588. The van der Waals surface area contributed by atoms with Gasteiger partial charge in [0.15, 0.2) is 5.69 Å². The van der Waals surface area contributed by atoms with Crippen LogP contribution in [0.1, 0.15) is 0 Å². The number of hydrogen-bond acceptors (Lipinski definition) is 3. The molecule has 1 aromatic carbocycles. The van der Waals surface area contributed by atoms with E-state index in [1.807, 2.05) is 36.7 Å². The zero-order chi connectivity index (χ0) is 13.0. The third kappa shape index (κ3) is 2.63. The van der Waals surface area contributed by atoms with Crippen LogP contribution >= 0.6 is 11.8 Å². The Morgan fingerprint density at radius 1 is 1.28 bits per heavy atom. The molecule has 0 aliphatic carbocycles. The van der Waals surface area contributed by atoms with Crippen molar-refractivity contribution in [1.82, 2.24) is 4.98 Å². The Morgan fingerprint density at radius 3 is 2.67 bits per heavy atom. The van der Waals surface area contributed by atoms with Crippen molar-refractivity contribution in [3.63, 3.8) is 0 Å². The molecule has 0 saturated heterocycles. The second kappa shape index (κ2) is 5.56. The van der Waals surface area contributed by atoms with Gasteiger partial charge in [-0.25, -0.2) is 4.85 Å². The predicted octanol–water partition coefficient (Wildman–Crippen LogP) is 4.03. The number of aromatic nitrogens is 1. The number of benzene rings is 1. The van der Waals surface area contributed by atoms with E-state index in [-0.39, 0.29) is 0 Å². The lowest BCUT2D eigenvalue weighted by Gasteiger charge is -2.06. The molecule has 0 unspecified atom stereocenters. The van der Waals surface area contributed by atoms with Gasteiger partial charge in [0.05, 0.1) is 19.4 Å². The van der Waals surface area contributed by atoms with Crippen LogP contribution in [0.5, 0.6) is 5.75 Å². The predicted molar refractivity (Wildman–Crippen MR) is 74.3 cm³/mol. The molecule has 0 amide bonds. The fourth-order valence-electron chi connectivity index (χ4n) is 1.59. The van der Waals surface area contributed by atoms with Crippen molar-refractivity contribution in [1.29, 1.82) is 0 Å². The molecule has 1 heterocycles. The van der Waals surface area contributed by atoms with Gasteiger partial charge in [-0.2, -0.15) is 0 Å². The van der Waals surface area contributed by atoms with E-state index in [4.69, 9.17) is 11.3 Å². The summed E-state index contributed by atoms with van der Waals surface area (Å²) in [6, 6.07) is 9.39. The highest BCUT2D eigenvalue weighted by Crippen LogP contribution is 2.29. The van der Waals surface area contributed by atoms with Gasteiger partial charge in [0.1, 0.15) is 5.75 Å². The Morgan fingerprint density at radius 2 is 2.11 bits per heavy atom. The molecule has 0 radical (unpaired) electrons. The third-order valence-corrected chi connectivity index (χ3v) is 3.24. The molecule has 18 heavy (non-hydrogen) atoms. The number of hydrogen-bond donors (Lipinski definition) is 0. The molecule has 0 spiro atoms. The average Bonchev–Trinajstić information content (AvgIpc) is 2.46. The number of rotatable bonds is 3. The molecular weight excluding hydrogens is 244 g/mol. The van der Waals surface area contributed by atoms with Crippen LogP contribution in [0, 0.1) is 6.57 Å². The Hall–Kier alpha value is -1.99. The van der Waals surface area contributed by atoms with E-state index in [0.717, 1.165) is 16.2 Å². The maximum atomic E-state index is 7.08. The van der Waals surface area contributed by atoms with Gasteiger partial charge in [0.25, 0.3) is 0 Å². The fourth-order valence-corrected chi connectivity index (χ4v) is 1.95. The first-order chi connectivity index (χ1) is 8.76. The number of methoxy groups -OCH3 is 1. The van der Waals surface area contributed by atoms with Gasteiger partial charge in [0.2, 0.25) is 0 Å². The zero-order valence-corrected chi connectivity index (χ0v) is 11.0. The minimum Gasteiger partial charge on any atom is -0.498 e. The molecule has 90 valence electrons. The standard InChI is InChI=1S/C14H12N2OS/c1-15-11-6-10(7-12(8-11)17-2)14-5-4-13(18-3)9-16-14/h4-9H,2-3H3. The van der Waals surface area contributed by atoms with E-state index >= 15 is 0 Å². The molecule has 0 saturated carbocycles. The van der Waals surface area contributed by atoms with Crippen molar-refractivity contribution in [3.8, 4) is 17.0 Å². The van der Waals surface area contributed by atoms with E-state index < -0.39 is 0 Å². The van der Waals surface area contributed by atoms with E-state index in [0.29, 0.717) is 11.4 Å². The Balaban J connectivity index is 2.45. The largest absolute Gasteiger partial charge is 0.498 e. The average molecular weight is 256 g/mol. The third-order valence-electron chi connectivity index (χ3n) is 2.52. The van der Waals surface area contributed by atoms with Gasteiger partial charge in [-0.05, 0) is 42.2 Å². The van der Waals surface area contributed by atoms with Gasteiger partial charge >= 0.3 is 0 Å². The lowest BCUT2D eigenvalue weighted by atomic mass is 10.1. The second-order valence-corrected chi connectivity index (χ2v) is 4.49. The molecule has 0 N–H and O–H groups in total. The van der Waals surface area contributed by atoms with Crippen LogP contribution in [-0.2, 0) is 0 Å². The van der Waals surface area contributed by atoms with Crippen molar-refractivity contribution >= 4 is 17.4 Å².